The first-order chi connectivity index (χ1) is 15.2. The molecule has 0 aliphatic carbocycles. The predicted molar refractivity (Wildman–Crippen MR) is 127 cm³/mol. The number of pyridine rings is 1. The van der Waals surface area contributed by atoms with Gasteiger partial charge < -0.3 is 15.4 Å². The van der Waals surface area contributed by atoms with Crippen LogP contribution in [0.5, 0.6) is 0 Å². The maximum Gasteiger partial charge on any atom is 0.341 e. The molecule has 1 aliphatic heterocycles. The van der Waals surface area contributed by atoms with E-state index in [0.29, 0.717) is 17.8 Å². The molecule has 0 bridgehead atoms. The molecular formula is C25H33N5O2. The summed E-state index contributed by atoms with van der Waals surface area (Å²) in [5, 5.41) is 7.85. The minimum atomic E-state index is -0.360. The van der Waals surface area contributed by atoms with Crippen LogP contribution < -0.4 is 10.6 Å². The molecule has 0 saturated carbocycles. The van der Waals surface area contributed by atoms with E-state index in [4.69, 9.17) is 10.5 Å². The molecule has 1 fully saturated rings. The van der Waals surface area contributed by atoms with Crippen molar-refractivity contribution in [2.75, 3.05) is 24.6 Å². The lowest BCUT2D eigenvalue weighted by molar-refractivity contribution is 0.0526. The van der Waals surface area contributed by atoms with Crippen LogP contribution in [0.1, 0.15) is 62.0 Å². The van der Waals surface area contributed by atoms with Crippen molar-refractivity contribution >= 4 is 22.7 Å². The Morgan fingerprint density at radius 3 is 2.50 bits per heavy atom. The zero-order valence-electron chi connectivity index (χ0n) is 19.4. The number of aromatic nitrogens is 3. The van der Waals surface area contributed by atoms with Gasteiger partial charge in [0.05, 0.1) is 23.9 Å². The number of ether oxygens (including phenoxy) is 1. The first kappa shape index (κ1) is 22.3. The number of piperidine rings is 1. The van der Waals surface area contributed by atoms with Gasteiger partial charge in [-0.25, -0.2) is 9.78 Å². The molecule has 1 aliphatic rings. The van der Waals surface area contributed by atoms with Crippen LogP contribution in [0.15, 0.2) is 36.7 Å². The van der Waals surface area contributed by atoms with Gasteiger partial charge in [-0.1, -0.05) is 45.0 Å². The van der Waals surface area contributed by atoms with Crippen molar-refractivity contribution in [3.63, 3.8) is 0 Å². The average Bonchev–Trinajstić information content (AvgIpc) is 3.22. The van der Waals surface area contributed by atoms with Crippen molar-refractivity contribution in [2.24, 2.45) is 5.73 Å². The summed E-state index contributed by atoms with van der Waals surface area (Å²) in [5.41, 5.74) is 11.3. The number of hydrogen-bond acceptors (Lipinski definition) is 6. The summed E-state index contributed by atoms with van der Waals surface area (Å²) in [6.45, 7) is 10.3. The molecule has 3 heterocycles. The average molecular weight is 436 g/mol. The number of nitrogens with two attached hydrogens (primary N) is 1. The molecule has 7 nitrogen and oxygen atoms in total. The number of benzene rings is 1. The molecule has 0 atom stereocenters. The summed E-state index contributed by atoms with van der Waals surface area (Å²) < 4.78 is 5.28. The Morgan fingerprint density at radius 1 is 1.19 bits per heavy atom. The summed E-state index contributed by atoms with van der Waals surface area (Å²) in [6.07, 6.45) is 5.81. The number of anilines is 1. The van der Waals surface area contributed by atoms with Crippen LogP contribution in [-0.4, -0.2) is 46.4 Å². The molecule has 4 rings (SSSR count). The Labute approximate surface area is 189 Å². The van der Waals surface area contributed by atoms with Crippen molar-refractivity contribution in [3.8, 4) is 0 Å². The molecule has 170 valence electrons. The SMILES string of the molecule is CCOC(=O)c1cnc2[nH]ncc2c1N1CCC(N)(Cc2ccc(C(C)(C)C)cc2)CC1. The highest BCUT2D eigenvalue weighted by Gasteiger charge is 2.33. The number of aromatic amines is 1. The zero-order valence-corrected chi connectivity index (χ0v) is 19.4. The molecular weight excluding hydrogens is 402 g/mol. The van der Waals surface area contributed by atoms with E-state index in [1.54, 1.807) is 19.3 Å². The second-order valence-corrected chi connectivity index (χ2v) is 9.85. The van der Waals surface area contributed by atoms with Gasteiger partial charge in [0.2, 0.25) is 0 Å². The van der Waals surface area contributed by atoms with Crippen molar-refractivity contribution in [1.29, 1.82) is 0 Å². The molecule has 0 spiro atoms. The van der Waals surface area contributed by atoms with E-state index in [0.717, 1.165) is 43.4 Å². The Balaban J connectivity index is 1.52. The molecule has 0 unspecified atom stereocenters. The molecule has 3 N–H and O–H groups in total. The highest BCUT2D eigenvalue weighted by atomic mass is 16.5. The van der Waals surface area contributed by atoms with Crippen LogP contribution in [0, 0.1) is 0 Å². The summed E-state index contributed by atoms with van der Waals surface area (Å²) in [4.78, 5) is 19.2. The van der Waals surface area contributed by atoms with Crippen LogP contribution in [0.3, 0.4) is 0 Å². The monoisotopic (exact) mass is 435 g/mol. The second-order valence-electron chi connectivity index (χ2n) is 9.85. The molecule has 3 aromatic rings. The number of nitrogens with zero attached hydrogens (tertiary/aromatic N) is 3. The second kappa shape index (κ2) is 8.54. The minimum absolute atomic E-state index is 0.143. The summed E-state index contributed by atoms with van der Waals surface area (Å²) in [7, 11) is 0. The van der Waals surface area contributed by atoms with Crippen LogP contribution in [-0.2, 0) is 16.6 Å². The van der Waals surface area contributed by atoms with Crippen molar-refractivity contribution in [3.05, 3.63) is 53.3 Å². The Hall–Kier alpha value is -2.93. The third-order valence-corrected chi connectivity index (χ3v) is 6.40. The minimum Gasteiger partial charge on any atom is -0.462 e. The first-order valence-electron chi connectivity index (χ1n) is 11.3. The van der Waals surface area contributed by atoms with Gasteiger partial charge in [-0.05, 0) is 42.7 Å². The number of H-pyrrole nitrogens is 1. The molecule has 7 heteroatoms. The normalized spacial score (nSPS) is 16.3. The van der Waals surface area contributed by atoms with Gasteiger partial charge in [-0.2, -0.15) is 5.10 Å². The molecule has 32 heavy (non-hydrogen) atoms. The van der Waals surface area contributed by atoms with Crippen LogP contribution in [0.4, 0.5) is 5.69 Å². The quantitative estimate of drug-likeness (QED) is 0.589. The van der Waals surface area contributed by atoms with Gasteiger partial charge in [0.25, 0.3) is 0 Å². The predicted octanol–water partition coefficient (Wildman–Crippen LogP) is 3.97. The molecule has 1 saturated heterocycles. The van der Waals surface area contributed by atoms with Crippen LogP contribution >= 0.6 is 0 Å². The largest absolute Gasteiger partial charge is 0.462 e. The van der Waals surface area contributed by atoms with Gasteiger partial charge in [-0.3, -0.25) is 5.10 Å². The number of fused-ring (bicyclic) bond motifs is 1. The van der Waals surface area contributed by atoms with Crippen LogP contribution in [0.2, 0.25) is 0 Å². The van der Waals surface area contributed by atoms with Crippen molar-refractivity contribution in [2.45, 2.75) is 57.9 Å². The van der Waals surface area contributed by atoms with Gasteiger partial charge >= 0.3 is 5.97 Å². The van der Waals surface area contributed by atoms with E-state index in [2.05, 4.69) is 65.1 Å². The number of hydrogen-bond donors (Lipinski definition) is 2. The van der Waals surface area contributed by atoms with E-state index in [9.17, 15) is 4.79 Å². The Bertz CT molecular complexity index is 1090. The Morgan fingerprint density at radius 2 is 1.88 bits per heavy atom. The molecule has 2 aromatic heterocycles. The van der Waals surface area contributed by atoms with E-state index in [1.165, 1.54) is 11.1 Å². The van der Waals surface area contributed by atoms with E-state index in [1.807, 2.05) is 0 Å². The third-order valence-electron chi connectivity index (χ3n) is 6.40. The number of carbonyl (C=O) groups is 1. The first-order valence-corrected chi connectivity index (χ1v) is 11.3. The van der Waals surface area contributed by atoms with Crippen molar-refractivity contribution in [1.82, 2.24) is 15.2 Å². The third kappa shape index (κ3) is 4.48. The fraction of sp³-hybridized carbons (Fsp3) is 0.480. The topological polar surface area (TPSA) is 97.1 Å². The van der Waals surface area contributed by atoms with E-state index < -0.39 is 0 Å². The fourth-order valence-electron chi connectivity index (χ4n) is 4.47. The lowest BCUT2D eigenvalue weighted by atomic mass is 9.81. The van der Waals surface area contributed by atoms with Crippen LogP contribution in [0.25, 0.3) is 11.0 Å². The summed E-state index contributed by atoms with van der Waals surface area (Å²) in [6, 6.07) is 8.84. The van der Waals surface area contributed by atoms with Crippen molar-refractivity contribution < 1.29 is 9.53 Å². The van der Waals surface area contributed by atoms with E-state index in [-0.39, 0.29) is 16.9 Å². The number of nitrogens with one attached hydrogen (secondary N) is 1. The van der Waals surface area contributed by atoms with Gasteiger partial charge in [0.1, 0.15) is 5.56 Å². The maximum atomic E-state index is 12.6. The zero-order chi connectivity index (χ0) is 22.9. The summed E-state index contributed by atoms with van der Waals surface area (Å²) >= 11 is 0. The molecule has 0 amide bonds. The highest BCUT2D eigenvalue weighted by molar-refractivity contribution is 6.04. The molecule has 0 radical (unpaired) electrons. The summed E-state index contributed by atoms with van der Waals surface area (Å²) in [5.74, 6) is -0.360. The number of rotatable bonds is 5. The van der Waals surface area contributed by atoms with E-state index >= 15 is 0 Å². The number of carbonyl (C=O) groups excluding carboxylic acids is 1. The lowest BCUT2D eigenvalue weighted by Gasteiger charge is -2.41. The maximum absolute atomic E-state index is 12.6. The number of esters is 1. The highest BCUT2D eigenvalue weighted by Crippen LogP contribution is 2.34. The lowest BCUT2D eigenvalue weighted by Crippen LogP contribution is -2.52. The smallest absolute Gasteiger partial charge is 0.341 e. The Kier molecular flexibility index (Phi) is 5.95. The molecule has 1 aromatic carbocycles. The van der Waals surface area contributed by atoms with Gasteiger partial charge in [-0.15, -0.1) is 0 Å². The van der Waals surface area contributed by atoms with Gasteiger partial charge in [0, 0.05) is 24.8 Å². The standard InChI is InChI=1S/C25H33N5O2/c1-5-32-23(31)20-15-27-22-19(16-28-29-22)21(20)30-12-10-25(26,11-13-30)14-17-6-8-18(9-7-17)24(2,3)4/h6-9,15-16H,5,10-14,26H2,1-4H3,(H,27,28,29). The fourth-order valence-corrected chi connectivity index (χ4v) is 4.47. The van der Waals surface area contributed by atoms with Gasteiger partial charge in [0.15, 0.2) is 5.65 Å².